The summed E-state index contributed by atoms with van der Waals surface area (Å²) in [5.41, 5.74) is 1.88. The fourth-order valence-corrected chi connectivity index (χ4v) is 4.64. The van der Waals surface area contributed by atoms with Gasteiger partial charge in [0.1, 0.15) is 6.04 Å². The maximum Gasteiger partial charge on any atom is 0.247 e. The van der Waals surface area contributed by atoms with E-state index >= 15 is 0 Å². The number of hydrogen-bond acceptors (Lipinski definition) is 4. The molecule has 156 valence electrons. The number of thiophene rings is 1. The van der Waals surface area contributed by atoms with Crippen LogP contribution in [0.2, 0.25) is 0 Å². The van der Waals surface area contributed by atoms with E-state index in [1.807, 2.05) is 48.7 Å². The zero-order valence-corrected chi connectivity index (χ0v) is 18.0. The standard InChI is InChI=1S/C23H30N2O3S/c1-17-8-3-6-12-20(17)22(23(27)24-18-9-4-5-10-18)25(13-14-28-2)21(26)16-19-11-7-15-29-19/h3,6-8,11-12,15,18,22H,4-5,9-10,13-14,16H2,1-2H3,(H,24,27)/t22-/m0/s1. The summed E-state index contributed by atoms with van der Waals surface area (Å²) >= 11 is 1.56. The Morgan fingerprint density at radius 3 is 2.62 bits per heavy atom. The highest BCUT2D eigenvalue weighted by Crippen LogP contribution is 2.27. The van der Waals surface area contributed by atoms with E-state index < -0.39 is 6.04 Å². The molecule has 1 aromatic carbocycles. The number of ether oxygens (including phenoxy) is 1. The van der Waals surface area contributed by atoms with Crippen LogP contribution in [0.1, 0.15) is 47.7 Å². The third-order valence-electron chi connectivity index (χ3n) is 5.51. The van der Waals surface area contributed by atoms with E-state index in [-0.39, 0.29) is 17.9 Å². The molecule has 1 heterocycles. The van der Waals surface area contributed by atoms with Crippen molar-refractivity contribution in [1.29, 1.82) is 0 Å². The predicted molar refractivity (Wildman–Crippen MR) is 116 cm³/mol. The summed E-state index contributed by atoms with van der Waals surface area (Å²) in [4.78, 5) is 29.4. The lowest BCUT2D eigenvalue weighted by molar-refractivity contribution is -0.141. The van der Waals surface area contributed by atoms with Crippen LogP contribution in [0.15, 0.2) is 41.8 Å². The van der Waals surface area contributed by atoms with E-state index in [2.05, 4.69) is 5.32 Å². The maximum absolute atomic E-state index is 13.4. The highest BCUT2D eigenvalue weighted by Gasteiger charge is 2.33. The van der Waals surface area contributed by atoms with E-state index in [1.165, 1.54) is 0 Å². The second kappa shape index (κ2) is 10.6. The fourth-order valence-electron chi connectivity index (χ4n) is 3.95. The first-order valence-corrected chi connectivity index (χ1v) is 11.1. The first-order chi connectivity index (χ1) is 14.1. The average molecular weight is 415 g/mol. The number of hydrogen-bond donors (Lipinski definition) is 1. The molecule has 1 fully saturated rings. The van der Waals surface area contributed by atoms with E-state index in [4.69, 9.17) is 4.74 Å². The van der Waals surface area contributed by atoms with Gasteiger partial charge in [0.25, 0.3) is 0 Å². The largest absolute Gasteiger partial charge is 0.383 e. The number of methoxy groups -OCH3 is 1. The van der Waals surface area contributed by atoms with Crippen LogP contribution in [-0.4, -0.2) is 43.0 Å². The highest BCUT2D eigenvalue weighted by atomic mass is 32.1. The van der Waals surface area contributed by atoms with Crippen molar-refractivity contribution >= 4 is 23.2 Å². The summed E-state index contributed by atoms with van der Waals surface area (Å²) in [7, 11) is 1.61. The number of nitrogens with one attached hydrogen (secondary N) is 1. The number of rotatable bonds is 9. The van der Waals surface area contributed by atoms with Gasteiger partial charge in [0.05, 0.1) is 13.0 Å². The van der Waals surface area contributed by atoms with Crippen LogP contribution in [-0.2, 0) is 20.7 Å². The van der Waals surface area contributed by atoms with Crippen molar-refractivity contribution in [1.82, 2.24) is 10.2 Å². The molecule has 5 nitrogen and oxygen atoms in total. The van der Waals surface area contributed by atoms with Gasteiger partial charge in [-0.2, -0.15) is 0 Å². The maximum atomic E-state index is 13.4. The van der Waals surface area contributed by atoms with Gasteiger partial charge in [0.15, 0.2) is 0 Å². The van der Waals surface area contributed by atoms with Crippen molar-refractivity contribution in [2.24, 2.45) is 0 Å². The van der Waals surface area contributed by atoms with Gasteiger partial charge >= 0.3 is 0 Å². The van der Waals surface area contributed by atoms with Gasteiger partial charge in [0, 0.05) is 24.6 Å². The van der Waals surface area contributed by atoms with Crippen LogP contribution >= 0.6 is 11.3 Å². The molecule has 29 heavy (non-hydrogen) atoms. The number of amides is 2. The number of carbonyl (C=O) groups excluding carboxylic acids is 2. The Labute approximate surface area is 177 Å². The monoisotopic (exact) mass is 414 g/mol. The van der Waals surface area contributed by atoms with Gasteiger partial charge in [-0.15, -0.1) is 11.3 Å². The van der Waals surface area contributed by atoms with Gasteiger partial charge in [-0.25, -0.2) is 0 Å². The smallest absolute Gasteiger partial charge is 0.247 e. The Kier molecular flexibility index (Phi) is 7.83. The summed E-state index contributed by atoms with van der Waals surface area (Å²) in [5, 5.41) is 5.17. The van der Waals surface area contributed by atoms with E-state index in [9.17, 15) is 9.59 Å². The van der Waals surface area contributed by atoms with Crippen molar-refractivity contribution in [2.45, 2.75) is 51.1 Å². The molecule has 1 aromatic heterocycles. The first-order valence-electron chi connectivity index (χ1n) is 10.3. The van der Waals surface area contributed by atoms with Crippen molar-refractivity contribution in [3.05, 3.63) is 57.8 Å². The van der Waals surface area contributed by atoms with Crippen LogP contribution in [0.3, 0.4) is 0 Å². The molecule has 2 aromatic rings. The van der Waals surface area contributed by atoms with Gasteiger partial charge in [-0.3, -0.25) is 9.59 Å². The number of nitrogens with zero attached hydrogens (tertiary/aromatic N) is 1. The number of aryl methyl sites for hydroxylation is 1. The second-order valence-electron chi connectivity index (χ2n) is 7.59. The molecule has 1 aliphatic carbocycles. The Morgan fingerprint density at radius 1 is 1.21 bits per heavy atom. The molecule has 0 spiro atoms. The van der Waals surface area contributed by atoms with Crippen LogP contribution < -0.4 is 5.32 Å². The summed E-state index contributed by atoms with van der Waals surface area (Å²) in [6.07, 6.45) is 4.59. The predicted octanol–water partition coefficient (Wildman–Crippen LogP) is 3.87. The van der Waals surface area contributed by atoms with Crippen LogP contribution in [0.5, 0.6) is 0 Å². The Balaban J connectivity index is 1.91. The lowest BCUT2D eigenvalue weighted by Gasteiger charge is -2.33. The molecule has 6 heteroatoms. The zero-order chi connectivity index (χ0) is 20.6. The zero-order valence-electron chi connectivity index (χ0n) is 17.2. The lowest BCUT2D eigenvalue weighted by Crippen LogP contribution is -2.47. The van der Waals surface area contributed by atoms with E-state index in [1.54, 1.807) is 23.3 Å². The molecule has 1 aliphatic rings. The topological polar surface area (TPSA) is 58.6 Å². The first kappa shape index (κ1) is 21.5. The third-order valence-corrected chi connectivity index (χ3v) is 6.38. The van der Waals surface area contributed by atoms with Gasteiger partial charge in [0.2, 0.25) is 11.8 Å². The van der Waals surface area contributed by atoms with Crippen LogP contribution in [0.4, 0.5) is 0 Å². The van der Waals surface area contributed by atoms with E-state index in [0.29, 0.717) is 19.6 Å². The van der Waals surface area contributed by atoms with Crippen LogP contribution in [0, 0.1) is 6.92 Å². The van der Waals surface area contributed by atoms with Crippen molar-refractivity contribution in [3.63, 3.8) is 0 Å². The van der Waals surface area contributed by atoms with Crippen molar-refractivity contribution < 1.29 is 14.3 Å². The minimum absolute atomic E-state index is 0.0562. The molecule has 0 saturated heterocycles. The molecule has 0 unspecified atom stereocenters. The molecule has 1 saturated carbocycles. The molecule has 1 N–H and O–H groups in total. The Bertz CT molecular complexity index is 800. The minimum atomic E-state index is -0.653. The van der Waals surface area contributed by atoms with Crippen LogP contribution in [0.25, 0.3) is 0 Å². The molecule has 2 amide bonds. The van der Waals surface area contributed by atoms with Crippen molar-refractivity contribution in [2.75, 3.05) is 20.3 Å². The fraction of sp³-hybridized carbons (Fsp3) is 0.478. The van der Waals surface area contributed by atoms with Gasteiger partial charge in [-0.05, 0) is 42.3 Å². The molecule has 0 aliphatic heterocycles. The quantitative estimate of drug-likeness (QED) is 0.678. The van der Waals surface area contributed by atoms with E-state index in [0.717, 1.165) is 41.7 Å². The third kappa shape index (κ3) is 5.67. The Morgan fingerprint density at radius 2 is 1.97 bits per heavy atom. The van der Waals surface area contributed by atoms with Gasteiger partial charge < -0.3 is 15.0 Å². The Hall–Kier alpha value is -2.18. The normalized spacial score (nSPS) is 15.2. The summed E-state index contributed by atoms with van der Waals surface area (Å²) in [6.45, 7) is 2.75. The highest BCUT2D eigenvalue weighted by molar-refractivity contribution is 7.10. The summed E-state index contributed by atoms with van der Waals surface area (Å²) < 4.78 is 5.26. The molecule has 0 bridgehead atoms. The number of benzene rings is 1. The summed E-state index contributed by atoms with van der Waals surface area (Å²) in [6, 6.07) is 11.3. The molecule has 0 radical (unpaired) electrons. The summed E-state index contributed by atoms with van der Waals surface area (Å²) in [5.74, 6) is -0.152. The van der Waals surface area contributed by atoms with Gasteiger partial charge in [-0.1, -0.05) is 43.2 Å². The molecule has 3 rings (SSSR count). The molecule has 1 atom stereocenters. The molecular formula is C23H30N2O3S. The average Bonchev–Trinajstić information content (AvgIpc) is 3.40. The second-order valence-corrected chi connectivity index (χ2v) is 8.62. The number of carbonyl (C=O) groups is 2. The molecular weight excluding hydrogens is 384 g/mol. The lowest BCUT2D eigenvalue weighted by atomic mass is 9.98. The SMILES string of the molecule is COCCN(C(=O)Cc1cccs1)[C@H](C(=O)NC1CCCC1)c1ccccc1C. The van der Waals surface area contributed by atoms with Crippen molar-refractivity contribution in [3.8, 4) is 0 Å². The minimum Gasteiger partial charge on any atom is -0.383 e.